The highest BCUT2D eigenvalue weighted by Crippen LogP contribution is 2.34. The number of hydrogen-bond acceptors (Lipinski definition) is 5. The molecule has 29 heavy (non-hydrogen) atoms. The molecule has 1 amide bonds. The zero-order valence-corrected chi connectivity index (χ0v) is 17.4. The van der Waals surface area contributed by atoms with Crippen LogP contribution in [0, 0.1) is 0 Å². The second kappa shape index (κ2) is 7.81. The van der Waals surface area contributed by atoms with Crippen molar-refractivity contribution in [3.8, 4) is 11.3 Å². The lowest BCUT2D eigenvalue weighted by Crippen LogP contribution is -2.45. The zero-order valence-electron chi connectivity index (χ0n) is 16.6. The Morgan fingerprint density at radius 2 is 1.90 bits per heavy atom. The monoisotopic (exact) mass is 415 g/mol. The maximum atomic E-state index is 12.6. The average molecular weight is 416 g/mol. The molecule has 3 heterocycles. The summed E-state index contributed by atoms with van der Waals surface area (Å²) in [5.74, 6) is 0.677. The van der Waals surface area contributed by atoms with Gasteiger partial charge in [0.1, 0.15) is 5.82 Å². The topological polar surface area (TPSA) is 86.7 Å². The molecule has 1 aromatic heterocycles. The molecule has 0 radical (unpaired) electrons. The number of rotatable bonds is 6. The van der Waals surface area contributed by atoms with Gasteiger partial charge >= 0.3 is 0 Å². The maximum Gasteiger partial charge on any atom is 0.281 e. The van der Waals surface area contributed by atoms with Crippen molar-refractivity contribution >= 4 is 16.1 Å². The molecule has 0 aliphatic carbocycles. The summed E-state index contributed by atoms with van der Waals surface area (Å²) in [4.78, 5) is 23.4. The molecular weight excluding hydrogens is 390 g/mol. The molecule has 2 atom stereocenters. The number of benzene rings is 1. The first-order valence-corrected chi connectivity index (χ1v) is 11.1. The number of aromatic nitrogens is 2. The summed E-state index contributed by atoms with van der Waals surface area (Å²) in [6.45, 7) is 0.938. The summed E-state index contributed by atoms with van der Waals surface area (Å²) in [6, 6.07) is 11.4. The van der Waals surface area contributed by atoms with Gasteiger partial charge in [0.25, 0.3) is 10.2 Å². The third-order valence-corrected chi connectivity index (χ3v) is 7.64. The minimum atomic E-state index is -3.52. The van der Waals surface area contributed by atoms with Crippen LogP contribution in [0.25, 0.3) is 11.3 Å². The number of amides is 1. The largest absolute Gasteiger partial charge is 0.338 e. The van der Waals surface area contributed by atoms with E-state index in [0.717, 1.165) is 11.3 Å². The molecule has 0 spiro atoms. The Labute approximate surface area is 171 Å². The van der Waals surface area contributed by atoms with Gasteiger partial charge in [-0.2, -0.15) is 17.0 Å². The number of carbonyl (C=O) groups is 1. The number of hydrogen-bond donors (Lipinski definition) is 0. The Morgan fingerprint density at radius 3 is 2.62 bits per heavy atom. The summed E-state index contributed by atoms with van der Waals surface area (Å²) in [5.41, 5.74) is 1.87. The first-order chi connectivity index (χ1) is 13.9. The van der Waals surface area contributed by atoms with Crippen molar-refractivity contribution in [1.82, 2.24) is 23.5 Å². The van der Waals surface area contributed by atoms with Gasteiger partial charge in [0.15, 0.2) is 0 Å². The average Bonchev–Trinajstić information content (AvgIpc) is 3.25. The Kier molecular flexibility index (Phi) is 5.37. The second-order valence-corrected chi connectivity index (χ2v) is 9.68. The van der Waals surface area contributed by atoms with E-state index in [0.29, 0.717) is 31.8 Å². The zero-order chi connectivity index (χ0) is 20.6. The van der Waals surface area contributed by atoms with Crippen molar-refractivity contribution in [3.63, 3.8) is 0 Å². The van der Waals surface area contributed by atoms with Crippen molar-refractivity contribution in [2.75, 3.05) is 27.2 Å². The van der Waals surface area contributed by atoms with Gasteiger partial charge in [-0.3, -0.25) is 4.79 Å². The summed E-state index contributed by atoms with van der Waals surface area (Å²) in [7, 11) is -0.474. The van der Waals surface area contributed by atoms with Gasteiger partial charge in [-0.1, -0.05) is 30.3 Å². The van der Waals surface area contributed by atoms with Gasteiger partial charge < -0.3 is 4.90 Å². The standard InChI is InChI=1S/C20H25N5O3S/c1-23(2)29(27,28)25-13-9-17-18(25)14-20(26)24(17)12-10-19-21-11-8-16(22-19)15-6-4-3-5-7-15/h3-8,11,17-18H,9-10,12-14H2,1-2H3/t17-,18-/m0/s1. The van der Waals surface area contributed by atoms with E-state index in [9.17, 15) is 13.2 Å². The van der Waals surface area contributed by atoms with Crippen molar-refractivity contribution in [1.29, 1.82) is 0 Å². The van der Waals surface area contributed by atoms with E-state index in [1.165, 1.54) is 22.7 Å². The van der Waals surface area contributed by atoms with Crippen LogP contribution in [0.5, 0.6) is 0 Å². The van der Waals surface area contributed by atoms with E-state index >= 15 is 0 Å². The second-order valence-electron chi connectivity index (χ2n) is 7.59. The van der Waals surface area contributed by atoms with Crippen LogP contribution in [-0.4, -0.2) is 77.1 Å². The number of nitrogens with zero attached hydrogens (tertiary/aromatic N) is 5. The molecule has 9 heteroatoms. The van der Waals surface area contributed by atoms with Gasteiger partial charge in [-0.25, -0.2) is 9.97 Å². The molecule has 2 fully saturated rings. The molecule has 0 saturated carbocycles. The van der Waals surface area contributed by atoms with Crippen LogP contribution in [0.3, 0.4) is 0 Å². The van der Waals surface area contributed by atoms with Crippen LogP contribution >= 0.6 is 0 Å². The molecule has 1 aromatic carbocycles. The molecule has 8 nitrogen and oxygen atoms in total. The van der Waals surface area contributed by atoms with E-state index in [1.54, 1.807) is 6.20 Å². The highest BCUT2D eigenvalue weighted by Gasteiger charge is 2.50. The summed E-state index contributed by atoms with van der Waals surface area (Å²) < 4.78 is 27.8. The van der Waals surface area contributed by atoms with E-state index in [4.69, 9.17) is 0 Å². The van der Waals surface area contributed by atoms with Crippen LogP contribution in [0.1, 0.15) is 18.7 Å². The maximum absolute atomic E-state index is 12.6. The number of likely N-dealkylation sites (tertiary alicyclic amines) is 1. The molecule has 154 valence electrons. The van der Waals surface area contributed by atoms with E-state index in [-0.39, 0.29) is 24.4 Å². The number of carbonyl (C=O) groups excluding carboxylic acids is 1. The van der Waals surface area contributed by atoms with Crippen LogP contribution in [0.2, 0.25) is 0 Å². The minimum absolute atomic E-state index is 0.00197. The van der Waals surface area contributed by atoms with E-state index in [2.05, 4.69) is 9.97 Å². The van der Waals surface area contributed by atoms with Crippen LogP contribution < -0.4 is 0 Å². The van der Waals surface area contributed by atoms with Crippen molar-refractivity contribution in [3.05, 3.63) is 48.4 Å². The SMILES string of the molecule is CN(C)S(=O)(=O)N1CC[C@H]2[C@@H]1CC(=O)N2CCc1nccc(-c2ccccc2)n1. The van der Waals surface area contributed by atoms with Gasteiger partial charge in [0, 0.05) is 51.8 Å². The molecule has 0 N–H and O–H groups in total. The fourth-order valence-electron chi connectivity index (χ4n) is 4.19. The van der Waals surface area contributed by atoms with Crippen LogP contribution in [-0.2, 0) is 21.4 Å². The Hall–Kier alpha value is -2.36. The van der Waals surface area contributed by atoms with E-state index in [1.807, 2.05) is 41.3 Å². The lowest BCUT2D eigenvalue weighted by molar-refractivity contribution is -0.129. The molecular formula is C20H25N5O3S. The van der Waals surface area contributed by atoms with Crippen LogP contribution in [0.15, 0.2) is 42.6 Å². The van der Waals surface area contributed by atoms with Gasteiger partial charge in [0.2, 0.25) is 5.91 Å². The molecule has 2 aliphatic heterocycles. The van der Waals surface area contributed by atoms with Crippen molar-refractivity contribution < 1.29 is 13.2 Å². The summed E-state index contributed by atoms with van der Waals surface area (Å²) in [5, 5.41) is 0. The Bertz CT molecular complexity index is 996. The van der Waals surface area contributed by atoms with E-state index < -0.39 is 10.2 Å². The van der Waals surface area contributed by atoms with Gasteiger partial charge in [0.05, 0.1) is 17.8 Å². The molecule has 2 aliphatic rings. The summed E-state index contributed by atoms with van der Waals surface area (Å²) >= 11 is 0. The predicted octanol–water partition coefficient (Wildman–Crippen LogP) is 1.17. The predicted molar refractivity (Wildman–Crippen MR) is 109 cm³/mol. The highest BCUT2D eigenvalue weighted by molar-refractivity contribution is 7.86. The third kappa shape index (κ3) is 3.77. The molecule has 0 bridgehead atoms. The minimum Gasteiger partial charge on any atom is -0.338 e. The molecule has 2 aromatic rings. The lowest BCUT2D eigenvalue weighted by atomic mass is 10.1. The smallest absolute Gasteiger partial charge is 0.281 e. The lowest BCUT2D eigenvalue weighted by Gasteiger charge is -2.26. The fraction of sp³-hybridized carbons (Fsp3) is 0.450. The first kappa shape index (κ1) is 19.9. The quantitative estimate of drug-likeness (QED) is 0.707. The molecule has 2 saturated heterocycles. The van der Waals surface area contributed by atoms with Crippen molar-refractivity contribution in [2.45, 2.75) is 31.3 Å². The Balaban J connectivity index is 1.46. The molecule has 4 rings (SSSR count). The normalized spacial score (nSPS) is 22.4. The Morgan fingerprint density at radius 1 is 1.14 bits per heavy atom. The first-order valence-electron chi connectivity index (χ1n) is 9.74. The highest BCUT2D eigenvalue weighted by atomic mass is 32.2. The molecule has 0 unspecified atom stereocenters. The number of fused-ring (bicyclic) bond motifs is 1. The van der Waals surface area contributed by atoms with Crippen molar-refractivity contribution in [2.24, 2.45) is 0 Å². The summed E-state index contributed by atoms with van der Waals surface area (Å²) in [6.07, 6.45) is 3.17. The van der Waals surface area contributed by atoms with Crippen LogP contribution in [0.4, 0.5) is 0 Å². The van der Waals surface area contributed by atoms with Gasteiger partial charge in [-0.05, 0) is 12.5 Å². The third-order valence-electron chi connectivity index (χ3n) is 5.67. The van der Waals surface area contributed by atoms with Gasteiger partial charge in [-0.15, -0.1) is 0 Å². The fourth-order valence-corrected chi connectivity index (χ4v) is 5.50.